The van der Waals surface area contributed by atoms with Gasteiger partial charge in [0, 0.05) is 11.0 Å². The molecule has 110 valence electrons. The molecular formula is C15H23BBrNO2. The summed E-state index contributed by atoms with van der Waals surface area (Å²) in [7, 11) is 3.82. The van der Waals surface area contributed by atoms with E-state index in [4.69, 9.17) is 9.31 Å². The third kappa shape index (κ3) is 3.11. The Labute approximate surface area is 130 Å². The van der Waals surface area contributed by atoms with Gasteiger partial charge >= 0.3 is 7.12 Å². The van der Waals surface area contributed by atoms with Gasteiger partial charge in [0.05, 0.1) is 11.2 Å². The smallest absolute Gasteiger partial charge is 0.399 e. The Morgan fingerprint density at radius 1 is 1.10 bits per heavy atom. The highest BCUT2D eigenvalue weighted by Gasteiger charge is 2.52. The molecule has 0 bridgehead atoms. The second-order valence-corrected chi connectivity index (χ2v) is 7.58. The predicted molar refractivity (Wildman–Crippen MR) is 87.2 cm³/mol. The van der Waals surface area contributed by atoms with Crippen molar-refractivity contribution in [3.63, 3.8) is 0 Å². The Morgan fingerprint density at radius 3 is 2.15 bits per heavy atom. The normalized spacial score (nSPS) is 20.7. The Morgan fingerprint density at radius 2 is 1.65 bits per heavy atom. The molecule has 0 saturated carbocycles. The van der Waals surface area contributed by atoms with Crippen LogP contribution in [0.25, 0.3) is 0 Å². The van der Waals surface area contributed by atoms with Crippen molar-refractivity contribution in [2.45, 2.75) is 45.4 Å². The van der Waals surface area contributed by atoms with Crippen LogP contribution in [0.4, 0.5) is 0 Å². The Bertz CT molecular complexity index is 487. The second kappa shape index (κ2) is 5.45. The van der Waals surface area contributed by atoms with Gasteiger partial charge in [-0.2, -0.15) is 0 Å². The molecule has 1 heterocycles. The predicted octanol–water partition coefficient (Wildman–Crippen LogP) is 2.81. The van der Waals surface area contributed by atoms with E-state index in [9.17, 15) is 0 Å². The van der Waals surface area contributed by atoms with Crippen molar-refractivity contribution in [2.24, 2.45) is 0 Å². The van der Waals surface area contributed by atoms with Crippen LogP contribution in [0.2, 0.25) is 0 Å². The molecule has 1 aromatic rings. The van der Waals surface area contributed by atoms with E-state index in [1.54, 1.807) is 0 Å². The first kappa shape index (κ1) is 16.0. The number of benzene rings is 1. The summed E-state index contributed by atoms with van der Waals surface area (Å²) in [6.45, 7) is 9.19. The molecule has 0 aromatic heterocycles. The van der Waals surface area contributed by atoms with Crippen molar-refractivity contribution < 1.29 is 9.31 Å². The fourth-order valence-electron chi connectivity index (χ4n) is 2.24. The molecule has 3 nitrogen and oxygen atoms in total. The number of rotatable bonds is 3. The fourth-order valence-corrected chi connectivity index (χ4v) is 2.62. The zero-order chi connectivity index (χ0) is 15.1. The molecular weight excluding hydrogens is 317 g/mol. The third-order valence-corrected chi connectivity index (χ3v) is 4.59. The maximum atomic E-state index is 6.17. The zero-order valence-corrected chi connectivity index (χ0v) is 14.7. The quantitative estimate of drug-likeness (QED) is 0.790. The molecule has 0 aliphatic carbocycles. The standard InChI is InChI=1S/C15H23BBrNO2/c1-14(2)15(3,4)20-16(19-14)13-9-12(17)8-7-11(13)10-18(5)6/h7-9H,10H2,1-6H3. The summed E-state index contributed by atoms with van der Waals surface area (Å²) in [5, 5.41) is 0. The highest BCUT2D eigenvalue weighted by molar-refractivity contribution is 9.10. The van der Waals surface area contributed by atoms with Gasteiger partial charge < -0.3 is 14.2 Å². The van der Waals surface area contributed by atoms with E-state index in [0.717, 1.165) is 16.5 Å². The molecule has 1 aliphatic rings. The summed E-state index contributed by atoms with van der Waals surface area (Å²) in [4.78, 5) is 2.15. The number of nitrogens with zero attached hydrogens (tertiary/aromatic N) is 1. The summed E-state index contributed by atoms with van der Waals surface area (Å²) < 4.78 is 13.4. The summed E-state index contributed by atoms with van der Waals surface area (Å²) in [6.07, 6.45) is 0. The van der Waals surface area contributed by atoms with Crippen molar-refractivity contribution in [3.05, 3.63) is 28.2 Å². The molecule has 0 atom stereocenters. The largest absolute Gasteiger partial charge is 0.495 e. The lowest BCUT2D eigenvalue weighted by Gasteiger charge is -2.32. The van der Waals surface area contributed by atoms with E-state index in [1.807, 2.05) is 0 Å². The van der Waals surface area contributed by atoms with Crippen LogP contribution in [-0.2, 0) is 15.9 Å². The van der Waals surface area contributed by atoms with Crippen LogP contribution in [0.3, 0.4) is 0 Å². The van der Waals surface area contributed by atoms with Gasteiger partial charge in [-0.1, -0.05) is 22.0 Å². The first-order valence-electron chi connectivity index (χ1n) is 6.91. The van der Waals surface area contributed by atoms with Crippen LogP contribution in [0.1, 0.15) is 33.3 Å². The maximum Gasteiger partial charge on any atom is 0.495 e. The average molecular weight is 340 g/mol. The van der Waals surface area contributed by atoms with E-state index in [-0.39, 0.29) is 18.3 Å². The molecule has 0 N–H and O–H groups in total. The van der Waals surface area contributed by atoms with Crippen LogP contribution < -0.4 is 5.46 Å². The molecule has 1 aromatic carbocycles. The fraction of sp³-hybridized carbons (Fsp3) is 0.600. The summed E-state index contributed by atoms with van der Waals surface area (Å²) in [6, 6.07) is 6.29. The van der Waals surface area contributed by atoms with Crippen molar-refractivity contribution in [2.75, 3.05) is 14.1 Å². The van der Waals surface area contributed by atoms with E-state index in [0.29, 0.717) is 0 Å². The van der Waals surface area contributed by atoms with Crippen molar-refractivity contribution in [1.82, 2.24) is 4.90 Å². The first-order chi connectivity index (χ1) is 9.12. The molecule has 0 spiro atoms. The van der Waals surface area contributed by atoms with Crippen LogP contribution in [0, 0.1) is 0 Å². The van der Waals surface area contributed by atoms with E-state index < -0.39 is 0 Å². The van der Waals surface area contributed by atoms with Crippen molar-refractivity contribution >= 4 is 28.5 Å². The maximum absolute atomic E-state index is 6.17. The summed E-state index contributed by atoms with van der Waals surface area (Å²) >= 11 is 3.54. The molecule has 20 heavy (non-hydrogen) atoms. The van der Waals surface area contributed by atoms with E-state index in [1.165, 1.54) is 5.56 Å². The highest BCUT2D eigenvalue weighted by Crippen LogP contribution is 2.36. The second-order valence-electron chi connectivity index (χ2n) is 6.67. The molecule has 1 saturated heterocycles. The van der Waals surface area contributed by atoms with Crippen molar-refractivity contribution in [3.8, 4) is 0 Å². The van der Waals surface area contributed by atoms with Gasteiger partial charge in [-0.05, 0) is 64.9 Å². The minimum absolute atomic E-state index is 0.310. The van der Waals surface area contributed by atoms with Gasteiger partial charge in [0.25, 0.3) is 0 Å². The molecule has 0 radical (unpaired) electrons. The molecule has 1 aliphatic heterocycles. The molecule has 0 unspecified atom stereocenters. The molecule has 5 heteroatoms. The monoisotopic (exact) mass is 339 g/mol. The minimum Gasteiger partial charge on any atom is -0.399 e. The topological polar surface area (TPSA) is 21.7 Å². The van der Waals surface area contributed by atoms with E-state index in [2.05, 4.69) is 80.8 Å². The lowest BCUT2D eigenvalue weighted by atomic mass is 9.76. The number of halogens is 1. The van der Waals surface area contributed by atoms with Crippen LogP contribution in [0.15, 0.2) is 22.7 Å². The van der Waals surface area contributed by atoms with Gasteiger partial charge in [0.1, 0.15) is 0 Å². The Kier molecular flexibility index (Phi) is 4.36. The highest BCUT2D eigenvalue weighted by atomic mass is 79.9. The van der Waals surface area contributed by atoms with Gasteiger partial charge in [-0.15, -0.1) is 0 Å². The minimum atomic E-state index is -0.313. The zero-order valence-electron chi connectivity index (χ0n) is 13.2. The van der Waals surface area contributed by atoms with Crippen LogP contribution in [0.5, 0.6) is 0 Å². The molecule has 2 rings (SSSR count). The number of hydrogen-bond donors (Lipinski definition) is 0. The Balaban J connectivity index is 2.36. The third-order valence-electron chi connectivity index (χ3n) is 4.10. The summed E-state index contributed by atoms with van der Waals surface area (Å²) in [5.41, 5.74) is 1.72. The SMILES string of the molecule is CN(C)Cc1ccc(Br)cc1B1OC(C)(C)C(C)(C)O1. The van der Waals surface area contributed by atoms with Gasteiger partial charge in [-0.25, -0.2) is 0 Å². The van der Waals surface area contributed by atoms with E-state index >= 15 is 0 Å². The molecule has 0 amide bonds. The Hall–Kier alpha value is -0.355. The van der Waals surface area contributed by atoms with Gasteiger partial charge in [0.2, 0.25) is 0 Å². The molecule has 1 fully saturated rings. The van der Waals surface area contributed by atoms with Crippen LogP contribution in [-0.4, -0.2) is 37.3 Å². The summed E-state index contributed by atoms with van der Waals surface area (Å²) in [5.74, 6) is 0. The average Bonchev–Trinajstić information content (AvgIpc) is 2.50. The lowest BCUT2D eigenvalue weighted by Crippen LogP contribution is -2.41. The lowest BCUT2D eigenvalue weighted by molar-refractivity contribution is 0.00578. The van der Waals surface area contributed by atoms with Gasteiger partial charge in [-0.3, -0.25) is 0 Å². The van der Waals surface area contributed by atoms with Crippen molar-refractivity contribution in [1.29, 1.82) is 0 Å². The number of hydrogen-bond acceptors (Lipinski definition) is 3. The van der Waals surface area contributed by atoms with Crippen LogP contribution >= 0.6 is 15.9 Å². The van der Waals surface area contributed by atoms with Gasteiger partial charge in [0.15, 0.2) is 0 Å². The first-order valence-corrected chi connectivity index (χ1v) is 7.70.